The summed E-state index contributed by atoms with van der Waals surface area (Å²) in [7, 11) is 0. The maximum atomic E-state index is 12.1. The van der Waals surface area contributed by atoms with E-state index in [0.717, 1.165) is 0 Å². The molecule has 5 nitrogen and oxygen atoms in total. The molecule has 136 valence electrons. The van der Waals surface area contributed by atoms with Crippen LogP contribution in [0.25, 0.3) is 0 Å². The summed E-state index contributed by atoms with van der Waals surface area (Å²) in [6.07, 6.45) is 0. The van der Waals surface area contributed by atoms with Crippen LogP contribution in [-0.4, -0.2) is 16.9 Å². The molecule has 0 heterocycles. The van der Waals surface area contributed by atoms with Gasteiger partial charge in [0.25, 0.3) is 5.91 Å². The first kappa shape index (κ1) is 19.9. The molecule has 2 rings (SSSR count). The summed E-state index contributed by atoms with van der Waals surface area (Å²) in [5.41, 5.74) is 1.25. The van der Waals surface area contributed by atoms with Crippen molar-refractivity contribution in [3.8, 4) is 0 Å². The van der Waals surface area contributed by atoms with Crippen LogP contribution in [0, 0.1) is 5.41 Å². The van der Waals surface area contributed by atoms with E-state index in [1.54, 1.807) is 48.5 Å². The molecule has 0 aromatic heterocycles. The number of carbonyl (C=O) groups excluding carboxylic acids is 2. The van der Waals surface area contributed by atoms with Crippen LogP contribution in [0.1, 0.15) is 31.1 Å². The highest BCUT2D eigenvalue weighted by molar-refractivity contribution is 7.80. The number of nitrogens with one attached hydrogen (secondary N) is 3. The summed E-state index contributed by atoms with van der Waals surface area (Å²) in [5, 5.41) is 9.08. The van der Waals surface area contributed by atoms with E-state index >= 15 is 0 Å². The molecule has 0 spiro atoms. The van der Waals surface area contributed by atoms with Crippen molar-refractivity contribution < 1.29 is 9.59 Å². The summed E-state index contributed by atoms with van der Waals surface area (Å²) in [6, 6.07) is 13.6. The van der Waals surface area contributed by atoms with E-state index in [1.165, 1.54) is 0 Å². The molecule has 0 saturated carbocycles. The molecular formula is C19H20ClN3O2S. The number of hydrogen-bond donors (Lipinski definition) is 3. The van der Waals surface area contributed by atoms with Gasteiger partial charge in [0.15, 0.2) is 5.11 Å². The molecule has 0 saturated heterocycles. The fourth-order valence-corrected chi connectivity index (χ4v) is 2.27. The molecule has 3 N–H and O–H groups in total. The number of halogens is 1. The van der Waals surface area contributed by atoms with Gasteiger partial charge in [-0.1, -0.05) is 38.4 Å². The fourth-order valence-electron chi connectivity index (χ4n) is 1.93. The lowest BCUT2D eigenvalue weighted by Crippen LogP contribution is -2.34. The third kappa shape index (κ3) is 5.82. The Morgan fingerprint density at radius 3 is 2.12 bits per heavy atom. The Labute approximate surface area is 163 Å². The van der Waals surface area contributed by atoms with E-state index in [-0.39, 0.29) is 16.9 Å². The summed E-state index contributed by atoms with van der Waals surface area (Å²) in [5.74, 6) is -0.426. The Morgan fingerprint density at radius 2 is 1.54 bits per heavy atom. The summed E-state index contributed by atoms with van der Waals surface area (Å²) >= 11 is 11.0. The topological polar surface area (TPSA) is 70.2 Å². The van der Waals surface area contributed by atoms with E-state index < -0.39 is 5.41 Å². The monoisotopic (exact) mass is 389 g/mol. The zero-order valence-electron chi connectivity index (χ0n) is 14.7. The predicted octanol–water partition coefficient (Wildman–Crippen LogP) is 4.45. The van der Waals surface area contributed by atoms with E-state index in [9.17, 15) is 9.59 Å². The van der Waals surface area contributed by atoms with Crippen LogP contribution < -0.4 is 16.0 Å². The average molecular weight is 390 g/mol. The predicted molar refractivity (Wildman–Crippen MR) is 110 cm³/mol. The largest absolute Gasteiger partial charge is 0.332 e. The van der Waals surface area contributed by atoms with Gasteiger partial charge >= 0.3 is 0 Å². The molecular weight excluding hydrogens is 370 g/mol. The van der Waals surface area contributed by atoms with Gasteiger partial charge in [0, 0.05) is 27.4 Å². The van der Waals surface area contributed by atoms with Gasteiger partial charge in [-0.3, -0.25) is 14.9 Å². The highest BCUT2D eigenvalue weighted by Crippen LogP contribution is 2.20. The Morgan fingerprint density at radius 1 is 0.962 bits per heavy atom. The van der Waals surface area contributed by atoms with Crippen LogP contribution >= 0.6 is 23.8 Å². The first-order valence-corrected chi connectivity index (χ1v) is 8.73. The van der Waals surface area contributed by atoms with Gasteiger partial charge in [-0.15, -0.1) is 0 Å². The smallest absolute Gasteiger partial charge is 0.257 e. The van der Waals surface area contributed by atoms with Crippen LogP contribution in [0.2, 0.25) is 5.02 Å². The third-order valence-corrected chi connectivity index (χ3v) is 3.85. The lowest BCUT2D eigenvalue weighted by Gasteiger charge is -2.18. The summed E-state index contributed by atoms with van der Waals surface area (Å²) in [6.45, 7) is 5.52. The number of thiocarbonyl (C=S) groups is 1. The number of rotatable bonds is 3. The zero-order chi connectivity index (χ0) is 19.3. The third-order valence-electron chi connectivity index (χ3n) is 3.39. The molecule has 0 aliphatic carbocycles. The summed E-state index contributed by atoms with van der Waals surface area (Å²) < 4.78 is 0. The maximum Gasteiger partial charge on any atom is 0.257 e. The average Bonchev–Trinajstić information content (AvgIpc) is 2.54. The lowest BCUT2D eigenvalue weighted by molar-refractivity contribution is -0.123. The molecule has 2 amide bonds. The lowest BCUT2D eigenvalue weighted by atomic mass is 9.95. The minimum atomic E-state index is -0.495. The molecule has 0 aliphatic heterocycles. The highest BCUT2D eigenvalue weighted by atomic mass is 35.5. The molecule has 0 bridgehead atoms. The second kappa shape index (κ2) is 8.29. The van der Waals surface area contributed by atoms with Crippen LogP contribution in [0.3, 0.4) is 0 Å². The van der Waals surface area contributed by atoms with E-state index in [4.69, 9.17) is 23.8 Å². The Kier molecular flexibility index (Phi) is 6.34. The minimum absolute atomic E-state index is 0.0896. The Balaban J connectivity index is 1.98. The van der Waals surface area contributed by atoms with Crippen LogP contribution in [-0.2, 0) is 4.79 Å². The van der Waals surface area contributed by atoms with Crippen molar-refractivity contribution in [2.24, 2.45) is 5.41 Å². The van der Waals surface area contributed by atoms with Crippen molar-refractivity contribution in [1.82, 2.24) is 5.32 Å². The van der Waals surface area contributed by atoms with Crippen molar-refractivity contribution in [1.29, 1.82) is 0 Å². The van der Waals surface area contributed by atoms with E-state index in [2.05, 4.69) is 16.0 Å². The van der Waals surface area contributed by atoms with E-state index in [0.29, 0.717) is 22.0 Å². The first-order valence-electron chi connectivity index (χ1n) is 7.94. The second-order valence-electron chi connectivity index (χ2n) is 6.70. The normalized spacial score (nSPS) is 10.8. The molecule has 0 unspecified atom stereocenters. The quantitative estimate of drug-likeness (QED) is 0.678. The van der Waals surface area contributed by atoms with Crippen LogP contribution in [0.5, 0.6) is 0 Å². The standard InChI is InChI=1S/C19H20ClN3O2S/c1-19(2,3)17(25)21-14-5-4-6-15(11-14)22-18(26)23-16(24)12-7-9-13(20)10-8-12/h4-11H,1-3H3,(H,21,25)(H2,22,23,24,26). The molecule has 26 heavy (non-hydrogen) atoms. The first-order chi connectivity index (χ1) is 12.1. The maximum absolute atomic E-state index is 12.1. The van der Waals surface area contributed by atoms with E-state index in [1.807, 2.05) is 20.8 Å². The second-order valence-corrected chi connectivity index (χ2v) is 7.54. The fraction of sp³-hybridized carbons (Fsp3) is 0.211. The molecule has 7 heteroatoms. The zero-order valence-corrected chi connectivity index (χ0v) is 16.3. The summed E-state index contributed by atoms with van der Waals surface area (Å²) in [4.78, 5) is 24.2. The number of amides is 2. The van der Waals surface area contributed by atoms with Crippen molar-refractivity contribution in [2.75, 3.05) is 10.6 Å². The molecule has 2 aromatic carbocycles. The van der Waals surface area contributed by atoms with Gasteiger partial charge in [-0.2, -0.15) is 0 Å². The van der Waals surface area contributed by atoms with Crippen LogP contribution in [0.15, 0.2) is 48.5 Å². The Hall–Kier alpha value is -2.44. The van der Waals surface area contributed by atoms with Crippen molar-refractivity contribution >= 4 is 52.1 Å². The number of carbonyl (C=O) groups is 2. The Bertz CT molecular complexity index is 829. The van der Waals surface area contributed by atoms with Gasteiger partial charge in [0.2, 0.25) is 5.91 Å². The van der Waals surface area contributed by atoms with Crippen molar-refractivity contribution in [3.63, 3.8) is 0 Å². The van der Waals surface area contributed by atoms with Crippen molar-refractivity contribution in [3.05, 3.63) is 59.1 Å². The highest BCUT2D eigenvalue weighted by Gasteiger charge is 2.21. The molecule has 2 aromatic rings. The van der Waals surface area contributed by atoms with Gasteiger partial charge in [-0.25, -0.2) is 0 Å². The van der Waals surface area contributed by atoms with Gasteiger partial charge in [0.05, 0.1) is 0 Å². The molecule has 0 aliphatic rings. The number of benzene rings is 2. The number of anilines is 2. The van der Waals surface area contributed by atoms with Crippen LogP contribution in [0.4, 0.5) is 11.4 Å². The van der Waals surface area contributed by atoms with Gasteiger partial charge < -0.3 is 10.6 Å². The number of hydrogen-bond acceptors (Lipinski definition) is 3. The van der Waals surface area contributed by atoms with Crippen molar-refractivity contribution in [2.45, 2.75) is 20.8 Å². The molecule has 0 radical (unpaired) electrons. The van der Waals surface area contributed by atoms with Gasteiger partial charge in [-0.05, 0) is 54.7 Å². The minimum Gasteiger partial charge on any atom is -0.332 e. The SMILES string of the molecule is CC(C)(C)C(=O)Nc1cccc(NC(=S)NC(=O)c2ccc(Cl)cc2)c1. The molecule has 0 atom stereocenters. The molecule has 0 fully saturated rings. The van der Waals surface area contributed by atoms with Gasteiger partial charge in [0.1, 0.15) is 0 Å².